The summed E-state index contributed by atoms with van der Waals surface area (Å²) in [4.78, 5) is 9.23. The standard InChI is InChI=1S/C16H23N5/c1-2-7-17-13-10-21-9-8-18-16(21)15(19-13)20-14(11-3-4-11)12-5-6-12/h8-12,14,17H,2-7H2,1H3,(H,19,20). The molecule has 2 aromatic heterocycles. The molecule has 5 nitrogen and oxygen atoms in total. The Bertz CT molecular complexity index is 615. The maximum Gasteiger partial charge on any atom is 0.180 e. The van der Waals surface area contributed by atoms with Crippen molar-refractivity contribution in [1.29, 1.82) is 0 Å². The van der Waals surface area contributed by atoms with Gasteiger partial charge in [0.2, 0.25) is 0 Å². The van der Waals surface area contributed by atoms with Gasteiger partial charge in [-0.2, -0.15) is 0 Å². The molecule has 0 amide bonds. The molecule has 2 aliphatic rings. The molecule has 0 aromatic carbocycles. The summed E-state index contributed by atoms with van der Waals surface area (Å²) >= 11 is 0. The van der Waals surface area contributed by atoms with Crippen LogP contribution in [0, 0.1) is 11.8 Å². The van der Waals surface area contributed by atoms with Crippen LogP contribution in [0.15, 0.2) is 18.6 Å². The molecule has 0 bridgehead atoms. The largest absolute Gasteiger partial charge is 0.369 e. The lowest BCUT2D eigenvalue weighted by Crippen LogP contribution is -2.25. The Morgan fingerprint density at radius 1 is 1.29 bits per heavy atom. The van der Waals surface area contributed by atoms with Gasteiger partial charge in [-0.25, -0.2) is 9.97 Å². The molecule has 0 saturated heterocycles. The zero-order chi connectivity index (χ0) is 14.2. The van der Waals surface area contributed by atoms with E-state index in [1.165, 1.54) is 25.7 Å². The van der Waals surface area contributed by atoms with Gasteiger partial charge in [0.1, 0.15) is 5.82 Å². The molecule has 0 radical (unpaired) electrons. The van der Waals surface area contributed by atoms with Crippen LogP contribution in [-0.4, -0.2) is 27.0 Å². The third-order valence-corrected chi connectivity index (χ3v) is 4.49. The molecule has 0 spiro atoms. The van der Waals surface area contributed by atoms with Gasteiger partial charge >= 0.3 is 0 Å². The van der Waals surface area contributed by atoms with Gasteiger partial charge in [-0.1, -0.05) is 6.92 Å². The zero-order valence-electron chi connectivity index (χ0n) is 12.5. The normalized spacial score (nSPS) is 18.4. The van der Waals surface area contributed by atoms with Crippen LogP contribution in [0.3, 0.4) is 0 Å². The van der Waals surface area contributed by atoms with Crippen molar-refractivity contribution in [2.75, 3.05) is 17.2 Å². The average molecular weight is 285 g/mol. The Hall–Kier alpha value is -1.78. The smallest absolute Gasteiger partial charge is 0.180 e. The van der Waals surface area contributed by atoms with Crippen molar-refractivity contribution in [3.63, 3.8) is 0 Å². The fourth-order valence-electron chi connectivity index (χ4n) is 3.06. The van der Waals surface area contributed by atoms with Gasteiger partial charge in [0.15, 0.2) is 11.5 Å². The molecule has 0 unspecified atom stereocenters. The van der Waals surface area contributed by atoms with E-state index >= 15 is 0 Å². The number of hydrogen-bond acceptors (Lipinski definition) is 4. The molecule has 2 heterocycles. The fourth-order valence-corrected chi connectivity index (χ4v) is 3.06. The topological polar surface area (TPSA) is 54.2 Å². The summed E-state index contributed by atoms with van der Waals surface area (Å²) in [5, 5.41) is 7.09. The Morgan fingerprint density at radius 3 is 2.71 bits per heavy atom. The molecule has 2 fully saturated rings. The quantitative estimate of drug-likeness (QED) is 0.820. The average Bonchev–Trinajstić information content (AvgIpc) is 3.40. The van der Waals surface area contributed by atoms with E-state index in [-0.39, 0.29) is 0 Å². The molecule has 0 atom stereocenters. The lowest BCUT2D eigenvalue weighted by atomic mass is 10.1. The van der Waals surface area contributed by atoms with Crippen LogP contribution in [-0.2, 0) is 0 Å². The number of rotatable bonds is 7. The van der Waals surface area contributed by atoms with E-state index < -0.39 is 0 Å². The Labute approximate surface area is 125 Å². The van der Waals surface area contributed by atoms with Gasteiger partial charge < -0.3 is 15.0 Å². The highest BCUT2D eigenvalue weighted by Gasteiger charge is 2.41. The summed E-state index contributed by atoms with van der Waals surface area (Å²) in [6.07, 6.45) is 12.4. The van der Waals surface area contributed by atoms with Crippen LogP contribution < -0.4 is 10.6 Å². The minimum Gasteiger partial charge on any atom is -0.369 e. The van der Waals surface area contributed by atoms with Crippen LogP contribution >= 0.6 is 0 Å². The maximum atomic E-state index is 4.77. The molecule has 21 heavy (non-hydrogen) atoms. The SMILES string of the molecule is CCCNc1cn2ccnc2c(NC(C2CC2)C2CC2)n1. The number of hydrogen-bond donors (Lipinski definition) is 2. The highest BCUT2D eigenvalue weighted by molar-refractivity contribution is 5.66. The van der Waals surface area contributed by atoms with Crippen LogP contribution in [0.4, 0.5) is 11.6 Å². The predicted molar refractivity (Wildman–Crippen MR) is 84.6 cm³/mol. The van der Waals surface area contributed by atoms with E-state index in [9.17, 15) is 0 Å². The molecule has 112 valence electrons. The lowest BCUT2D eigenvalue weighted by Gasteiger charge is -2.19. The molecule has 2 N–H and O–H groups in total. The Balaban J connectivity index is 1.63. The van der Waals surface area contributed by atoms with Crippen molar-refractivity contribution >= 4 is 17.3 Å². The number of aromatic nitrogens is 3. The van der Waals surface area contributed by atoms with Gasteiger partial charge in [-0.05, 0) is 43.9 Å². The number of imidazole rings is 1. The number of nitrogens with zero attached hydrogens (tertiary/aromatic N) is 3. The molecule has 2 aliphatic carbocycles. The van der Waals surface area contributed by atoms with Crippen LogP contribution in [0.1, 0.15) is 39.0 Å². The van der Waals surface area contributed by atoms with E-state index in [0.717, 1.165) is 42.1 Å². The first-order valence-corrected chi connectivity index (χ1v) is 8.19. The van der Waals surface area contributed by atoms with Gasteiger partial charge in [-0.15, -0.1) is 0 Å². The fraction of sp³-hybridized carbons (Fsp3) is 0.625. The van der Waals surface area contributed by atoms with Crippen molar-refractivity contribution < 1.29 is 0 Å². The monoisotopic (exact) mass is 285 g/mol. The molecular weight excluding hydrogens is 262 g/mol. The molecule has 5 heteroatoms. The first-order chi connectivity index (χ1) is 10.3. The van der Waals surface area contributed by atoms with E-state index in [1.807, 2.05) is 18.6 Å². The highest BCUT2D eigenvalue weighted by Crippen LogP contribution is 2.46. The third-order valence-electron chi connectivity index (χ3n) is 4.49. The zero-order valence-corrected chi connectivity index (χ0v) is 12.5. The van der Waals surface area contributed by atoms with Gasteiger partial charge in [-0.3, -0.25) is 0 Å². The van der Waals surface area contributed by atoms with Crippen LogP contribution in [0.2, 0.25) is 0 Å². The van der Waals surface area contributed by atoms with Crippen molar-refractivity contribution in [2.24, 2.45) is 11.8 Å². The lowest BCUT2D eigenvalue weighted by molar-refractivity contribution is 0.566. The molecule has 2 saturated carbocycles. The summed E-state index contributed by atoms with van der Waals surface area (Å²) in [5.41, 5.74) is 0.934. The maximum absolute atomic E-state index is 4.77. The Morgan fingerprint density at radius 2 is 2.05 bits per heavy atom. The van der Waals surface area contributed by atoms with E-state index in [4.69, 9.17) is 4.98 Å². The Kier molecular flexibility index (Phi) is 3.20. The van der Waals surface area contributed by atoms with Crippen LogP contribution in [0.25, 0.3) is 5.65 Å². The van der Waals surface area contributed by atoms with E-state index in [1.54, 1.807) is 0 Å². The van der Waals surface area contributed by atoms with Crippen molar-refractivity contribution in [3.8, 4) is 0 Å². The van der Waals surface area contributed by atoms with Crippen molar-refractivity contribution in [1.82, 2.24) is 14.4 Å². The van der Waals surface area contributed by atoms with E-state index in [2.05, 4.69) is 26.9 Å². The number of nitrogens with one attached hydrogen (secondary N) is 2. The first-order valence-electron chi connectivity index (χ1n) is 8.19. The molecular formula is C16H23N5. The van der Waals surface area contributed by atoms with E-state index in [0.29, 0.717) is 6.04 Å². The number of anilines is 2. The van der Waals surface area contributed by atoms with Crippen molar-refractivity contribution in [3.05, 3.63) is 18.6 Å². The first kappa shape index (κ1) is 12.9. The van der Waals surface area contributed by atoms with Gasteiger partial charge in [0.05, 0.1) is 6.20 Å². The van der Waals surface area contributed by atoms with Gasteiger partial charge in [0, 0.05) is 25.0 Å². The number of fused-ring (bicyclic) bond motifs is 1. The molecule has 0 aliphatic heterocycles. The second-order valence-corrected chi connectivity index (χ2v) is 6.40. The summed E-state index contributed by atoms with van der Waals surface area (Å²) in [6.45, 7) is 3.11. The summed E-state index contributed by atoms with van der Waals surface area (Å²) < 4.78 is 2.06. The highest BCUT2D eigenvalue weighted by atomic mass is 15.2. The molecule has 2 aromatic rings. The summed E-state index contributed by atoms with van der Waals surface area (Å²) in [5.74, 6) is 3.56. The summed E-state index contributed by atoms with van der Waals surface area (Å²) in [7, 11) is 0. The minimum absolute atomic E-state index is 0.597. The van der Waals surface area contributed by atoms with Crippen LogP contribution in [0.5, 0.6) is 0 Å². The van der Waals surface area contributed by atoms with Crippen molar-refractivity contribution in [2.45, 2.75) is 45.1 Å². The predicted octanol–water partition coefficient (Wildman–Crippen LogP) is 3.15. The third kappa shape index (κ3) is 2.69. The minimum atomic E-state index is 0.597. The van der Waals surface area contributed by atoms with Gasteiger partial charge in [0.25, 0.3) is 0 Å². The second kappa shape index (κ2) is 5.20. The molecule has 4 rings (SSSR count). The summed E-state index contributed by atoms with van der Waals surface area (Å²) in [6, 6.07) is 0.597. The second-order valence-electron chi connectivity index (χ2n) is 6.40.